The van der Waals surface area contributed by atoms with Gasteiger partial charge in [0, 0.05) is 62.0 Å². The van der Waals surface area contributed by atoms with Gasteiger partial charge in [0.25, 0.3) is 0 Å². The summed E-state index contributed by atoms with van der Waals surface area (Å²) < 4.78 is 3.88. The summed E-state index contributed by atoms with van der Waals surface area (Å²) in [5, 5.41) is 0.510. The highest BCUT2D eigenvalue weighted by Gasteiger charge is 2.07. The third-order valence-electron chi connectivity index (χ3n) is 3.79. The first kappa shape index (κ1) is 26.8. The maximum Gasteiger partial charge on any atom is 0.154 e. The summed E-state index contributed by atoms with van der Waals surface area (Å²) in [6.45, 7) is 7.74. The topological polar surface area (TPSA) is 121 Å². The van der Waals surface area contributed by atoms with Gasteiger partial charge in [0.2, 0.25) is 0 Å². The number of fused-ring (bicyclic) bond motifs is 2. The van der Waals surface area contributed by atoms with Crippen LogP contribution in [0, 0.1) is 27.7 Å². The van der Waals surface area contributed by atoms with Gasteiger partial charge in [0.1, 0.15) is 28.5 Å². The molecule has 4 aromatic rings. The summed E-state index contributed by atoms with van der Waals surface area (Å²) in [5.74, 6) is 2.42. The largest absolute Gasteiger partial charge is 0.382 e. The fourth-order valence-electron chi connectivity index (χ4n) is 2.76. The molecule has 0 aliphatic rings. The zero-order chi connectivity index (χ0) is 19.4. The molecule has 4 rings (SSSR count). The lowest BCUT2D eigenvalue weighted by Gasteiger charge is -1.97. The second kappa shape index (κ2) is 11.7. The van der Waals surface area contributed by atoms with E-state index < -0.39 is 0 Å². The summed E-state index contributed by atoms with van der Waals surface area (Å²) in [6, 6.07) is 0. The van der Waals surface area contributed by atoms with E-state index in [-0.39, 0.29) is 13.6 Å². The number of halogens is 3. The van der Waals surface area contributed by atoms with Crippen molar-refractivity contribution in [3.8, 4) is 0 Å². The molecule has 11 heteroatoms. The van der Waals surface area contributed by atoms with E-state index >= 15 is 0 Å². The standard InChI is InChI=1S/C8H8ClN3.C8H10N4.CH4.I2.H3N/c2*1-5-7-8(9)10-3-4-12(7)6(2)11-5;;1-2;/h3-4H,1-2H3;3-4H,1-2H3,(H2,9,10);1H4;;1H3. The van der Waals surface area contributed by atoms with E-state index in [1.54, 1.807) is 12.4 Å². The Balaban J connectivity index is 0.000000449. The maximum atomic E-state index is 5.90. The molecular weight excluding hydrogens is 606 g/mol. The smallest absolute Gasteiger partial charge is 0.154 e. The Labute approximate surface area is 193 Å². The monoisotopic (exact) mass is 630 g/mol. The lowest BCUT2D eigenvalue weighted by atomic mass is 10.4. The average molecular weight is 631 g/mol. The van der Waals surface area contributed by atoms with Gasteiger partial charge in [-0.1, -0.05) is 19.0 Å². The van der Waals surface area contributed by atoms with Crippen molar-refractivity contribution in [2.24, 2.45) is 0 Å². The number of nitrogens with zero attached hydrogens (tertiary/aromatic N) is 6. The second-order valence-electron chi connectivity index (χ2n) is 5.46. The molecule has 0 saturated carbocycles. The molecule has 8 nitrogen and oxygen atoms in total. The first-order chi connectivity index (χ1) is 12.4. The van der Waals surface area contributed by atoms with Crippen molar-refractivity contribution in [3.05, 3.63) is 53.0 Å². The minimum absolute atomic E-state index is 0. The zero-order valence-corrected chi connectivity index (χ0v) is 20.5. The molecule has 28 heavy (non-hydrogen) atoms. The Morgan fingerprint density at radius 2 is 1.29 bits per heavy atom. The van der Waals surface area contributed by atoms with Crippen LogP contribution in [0.1, 0.15) is 30.5 Å². The molecule has 0 amide bonds. The highest BCUT2D eigenvalue weighted by molar-refractivity contribution is 15.0. The minimum Gasteiger partial charge on any atom is -0.382 e. The van der Waals surface area contributed by atoms with E-state index in [1.165, 1.54) is 0 Å². The Morgan fingerprint density at radius 3 is 1.75 bits per heavy atom. The molecule has 0 fully saturated rings. The fraction of sp³-hybridized carbons (Fsp3) is 0.294. The summed E-state index contributed by atoms with van der Waals surface area (Å²) in [6.07, 6.45) is 7.07. The Morgan fingerprint density at radius 1 is 0.857 bits per heavy atom. The van der Waals surface area contributed by atoms with E-state index in [9.17, 15) is 0 Å². The molecule has 4 aromatic heterocycles. The Bertz CT molecular complexity index is 961. The average Bonchev–Trinajstić information content (AvgIpc) is 3.08. The van der Waals surface area contributed by atoms with E-state index in [0.29, 0.717) is 11.0 Å². The summed E-state index contributed by atoms with van der Waals surface area (Å²) >= 11 is 10.1. The number of nitrogen functional groups attached to an aromatic ring is 1. The van der Waals surface area contributed by atoms with Crippen LogP contribution in [0.15, 0.2) is 24.8 Å². The normalized spacial score (nSPS) is 9.54. The molecule has 0 aliphatic heterocycles. The van der Waals surface area contributed by atoms with Crippen LogP contribution in [0.5, 0.6) is 0 Å². The van der Waals surface area contributed by atoms with Gasteiger partial charge in [-0.15, -0.1) is 0 Å². The first-order valence-electron chi connectivity index (χ1n) is 7.56. The number of rotatable bonds is 0. The number of imidazole rings is 2. The molecule has 0 spiro atoms. The van der Waals surface area contributed by atoms with Crippen LogP contribution in [0.2, 0.25) is 5.15 Å². The van der Waals surface area contributed by atoms with Gasteiger partial charge in [-0.3, -0.25) is 8.80 Å². The predicted octanol–water partition coefficient (Wildman–Crippen LogP) is 5.50. The molecule has 0 atom stereocenters. The predicted molar refractivity (Wildman–Crippen MR) is 134 cm³/mol. The van der Waals surface area contributed by atoms with Crippen LogP contribution in [-0.2, 0) is 0 Å². The highest BCUT2D eigenvalue weighted by Crippen LogP contribution is 2.18. The lowest BCUT2D eigenvalue weighted by molar-refractivity contribution is 1.02. The molecule has 0 unspecified atom stereocenters. The lowest BCUT2D eigenvalue weighted by Crippen LogP contribution is -1.95. The molecule has 0 aromatic carbocycles. The molecule has 0 bridgehead atoms. The van der Waals surface area contributed by atoms with Gasteiger partial charge in [-0.25, -0.2) is 19.9 Å². The summed E-state index contributed by atoms with van der Waals surface area (Å²) in [7, 11) is 0. The van der Waals surface area contributed by atoms with Crippen molar-refractivity contribution in [2.45, 2.75) is 35.1 Å². The van der Waals surface area contributed by atoms with E-state index in [2.05, 4.69) is 57.2 Å². The number of aromatic nitrogens is 6. The SMILES string of the molecule is C.Cc1nc(C)n2ccnc(Cl)c12.Cc1nc(C)n2ccnc(N)c12.II.N. The molecular formula is C17H25ClI2N8. The quantitative estimate of drug-likeness (QED) is 0.248. The van der Waals surface area contributed by atoms with E-state index in [1.807, 2.05) is 48.9 Å². The van der Waals surface area contributed by atoms with Crippen LogP contribution < -0.4 is 11.9 Å². The summed E-state index contributed by atoms with van der Waals surface area (Å²) in [5.41, 5.74) is 9.36. The van der Waals surface area contributed by atoms with Crippen LogP contribution in [-0.4, -0.2) is 28.7 Å². The van der Waals surface area contributed by atoms with Gasteiger partial charge in [-0.05, 0) is 27.7 Å². The Hall–Kier alpha value is -1.25. The van der Waals surface area contributed by atoms with Gasteiger partial charge in [0.05, 0.1) is 11.4 Å². The van der Waals surface area contributed by atoms with E-state index in [0.717, 1.165) is 34.1 Å². The molecule has 0 radical (unpaired) electrons. The fourth-order valence-corrected chi connectivity index (χ4v) is 3.05. The first-order valence-corrected chi connectivity index (χ1v) is 14.2. The van der Waals surface area contributed by atoms with Crippen molar-refractivity contribution in [2.75, 3.05) is 5.73 Å². The van der Waals surface area contributed by atoms with Crippen LogP contribution in [0.3, 0.4) is 0 Å². The van der Waals surface area contributed by atoms with Gasteiger partial charge in [0.15, 0.2) is 5.15 Å². The maximum absolute atomic E-state index is 5.90. The summed E-state index contributed by atoms with van der Waals surface area (Å²) in [4.78, 5) is 16.6. The number of hydrogen-bond donors (Lipinski definition) is 2. The highest BCUT2D eigenvalue weighted by atomic mass is 128. The van der Waals surface area contributed by atoms with E-state index in [4.69, 9.17) is 17.3 Å². The van der Waals surface area contributed by atoms with Crippen LogP contribution in [0.25, 0.3) is 11.0 Å². The van der Waals surface area contributed by atoms with Gasteiger partial charge < -0.3 is 11.9 Å². The number of aryl methyl sites for hydroxylation is 4. The van der Waals surface area contributed by atoms with Gasteiger partial charge >= 0.3 is 0 Å². The third kappa shape index (κ3) is 5.42. The zero-order valence-electron chi connectivity index (χ0n) is 15.4. The van der Waals surface area contributed by atoms with Crippen molar-refractivity contribution >= 4 is 65.7 Å². The third-order valence-corrected chi connectivity index (χ3v) is 4.07. The number of hydrogen-bond acceptors (Lipinski definition) is 6. The van der Waals surface area contributed by atoms with Crippen LogP contribution in [0.4, 0.5) is 5.82 Å². The van der Waals surface area contributed by atoms with Crippen molar-refractivity contribution in [3.63, 3.8) is 0 Å². The van der Waals surface area contributed by atoms with Crippen molar-refractivity contribution in [1.29, 1.82) is 0 Å². The molecule has 5 N–H and O–H groups in total. The van der Waals surface area contributed by atoms with Crippen molar-refractivity contribution < 1.29 is 0 Å². The van der Waals surface area contributed by atoms with Crippen LogP contribution >= 0.6 is 48.8 Å². The molecule has 0 aliphatic carbocycles. The molecule has 154 valence electrons. The van der Waals surface area contributed by atoms with Gasteiger partial charge in [-0.2, -0.15) is 0 Å². The Kier molecular flexibility index (Phi) is 11.2. The number of nitrogens with two attached hydrogens (primary N) is 1. The molecule has 4 heterocycles. The minimum atomic E-state index is 0. The molecule has 0 saturated heterocycles. The number of anilines is 1. The second-order valence-corrected chi connectivity index (χ2v) is 5.81. The van der Waals surface area contributed by atoms with Crippen molar-refractivity contribution in [1.82, 2.24) is 34.9 Å².